The normalized spacial score (nSPS) is 16.9. The zero-order chi connectivity index (χ0) is 16.4. The first-order valence-electron chi connectivity index (χ1n) is 7.58. The van der Waals surface area contributed by atoms with Gasteiger partial charge in [-0.15, -0.1) is 0 Å². The molecule has 0 aliphatic carbocycles. The van der Waals surface area contributed by atoms with Gasteiger partial charge in [0.25, 0.3) is 5.91 Å². The monoisotopic (exact) mass is 312 g/mol. The predicted molar refractivity (Wildman–Crippen MR) is 88.5 cm³/mol. The number of aryl methyl sites for hydroxylation is 1. The second-order valence-corrected chi connectivity index (χ2v) is 5.82. The fourth-order valence-corrected chi connectivity index (χ4v) is 2.77. The first kappa shape index (κ1) is 15.1. The van der Waals surface area contributed by atoms with Gasteiger partial charge in [0.15, 0.2) is 0 Å². The van der Waals surface area contributed by atoms with E-state index >= 15 is 0 Å². The molecule has 3 rings (SSSR count). The van der Waals surface area contributed by atoms with Crippen molar-refractivity contribution >= 4 is 17.6 Å². The number of rotatable bonds is 3. The first-order valence-corrected chi connectivity index (χ1v) is 7.58. The molecule has 0 saturated carbocycles. The highest BCUT2D eigenvalue weighted by Gasteiger charge is 2.29. The standard InChI is InChI=1S/C17H20N4O2/c1-12-5-3-6-13(9-12)19-17(23)18-10-14-11-21-8-4-7-15(21)16(22)20(14)2/h3-9,14H,10-11H2,1-2H3,(H2,18,19,23). The van der Waals surface area contributed by atoms with Crippen LogP contribution in [-0.4, -0.2) is 41.0 Å². The third-order valence-corrected chi connectivity index (χ3v) is 4.10. The summed E-state index contributed by atoms with van der Waals surface area (Å²) in [6.07, 6.45) is 1.89. The molecule has 2 aromatic rings. The van der Waals surface area contributed by atoms with Crippen LogP contribution >= 0.6 is 0 Å². The lowest BCUT2D eigenvalue weighted by Crippen LogP contribution is -2.51. The smallest absolute Gasteiger partial charge is 0.319 e. The number of hydrogen-bond acceptors (Lipinski definition) is 2. The Balaban J connectivity index is 1.58. The second kappa shape index (κ2) is 6.16. The Morgan fingerprint density at radius 2 is 2.13 bits per heavy atom. The maximum Gasteiger partial charge on any atom is 0.319 e. The highest BCUT2D eigenvalue weighted by atomic mass is 16.2. The molecule has 23 heavy (non-hydrogen) atoms. The molecule has 1 aliphatic heterocycles. The molecule has 6 heteroatoms. The van der Waals surface area contributed by atoms with Gasteiger partial charge in [-0.1, -0.05) is 12.1 Å². The van der Waals surface area contributed by atoms with Gasteiger partial charge in [0, 0.05) is 32.0 Å². The fraction of sp³-hybridized carbons (Fsp3) is 0.294. The van der Waals surface area contributed by atoms with Gasteiger partial charge in [-0.25, -0.2) is 4.79 Å². The number of hydrogen-bond donors (Lipinski definition) is 2. The lowest BCUT2D eigenvalue weighted by atomic mass is 10.2. The van der Waals surface area contributed by atoms with Gasteiger partial charge < -0.3 is 20.1 Å². The maximum atomic E-state index is 12.2. The fourth-order valence-electron chi connectivity index (χ4n) is 2.77. The molecule has 0 bridgehead atoms. The summed E-state index contributed by atoms with van der Waals surface area (Å²) in [6.45, 7) is 3.05. The van der Waals surface area contributed by atoms with Crippen molar-refractivity contribution in [1.82, 2.24) is 14.8 Å². The number of urea groups is 1. The van der Waals surface area contributed by atoms with Crippen molar-refractivity contribution in [2.75, 3.05) is 18.9 Å². The van der Waals surface area contributed by atoms with Gasteiger partial charge in [-0.05, 0) is 36.8 Å². The maximum absolute atomic E-state index is 12.2. The topological polar surface area (TPSA) is 66.4 Å². The van der Waals surface area contributed by atoms with Crippen LogP contribution < -0.4 is 10.6 Å². The number of carbonyl (C=O) groups excluding carboxylic acids is 2. The summed E-state index contributed by atoms with van der Waals surface area (Å²) in [7, 11) is 1.77. The van der Waals surface area contributed by atoms with Crippen molar-refractivity contribution in [1.29, 1.82) is 0 Å². The van der Waals surface area contributed by atoms with E-state index in [4.69, 9.17) is 0 Å². The van der Waals surface area contributed by atoms with Crippen molar-refractivity contribution in [3.63, 3.8) is 0 Å². The average molecular weight is 312 g/mol. The Hall–Kier alpha value is -2.76. The van der Waals surface area contributed by atoms with Crippen molar-refractivity contribution in [2.45, 2.75) is 19.5 Å². The second-order valence-electron chi connectivity index (χ2n) is 5.82. The molecular weight excluding hydrogens is 292 g/mol. The first-order chi connectivity index (χ1) is 11.0. The molecule has 120 valence electrons. The number of nitrogens with zero attached hydrogens (tertiary/aromatic N) is 2. The molecule has 3 amide bonds. The molecule has 0 spiro atoms. The number of aromatic nitrogens is 1. The Morgan fingerprint density at radius 1 is 1.30 bits per heavy atom. The van der Waals surface area contributed by atoms with E-state index in [9.17, 15) is 9.59 Å². The third kappa shape index (κ3) is 3.21. The number of anilines is 1. The van der Waals surface area contributed by atoms with Gasteiger partial charge >= 0.3 is 6.03 Å². The largest absolute Gasteiger partial charge is 0.341 e. The average Bonchev–Trinajstić information content (AvgIpc) is 2.98. The van der Waals surface area contributed by atoms with E-state index in [-0.39, 0.29) is 18.0 Å². The minimum Gasteiger partial charge on any atom is -0.341 e. The summed E-state index contributed by atoms with van der Waals surface area (Å²) in [5, 5.41) is 5.64. The van der Waals surface area contributed by atoms with Crippen LogP contribution in [0.4, 0.5) is 10.5 Å². The van der Waals surface area contributed by atoms with Gasteiger partial charge in [-0.2, -0.15) is 0 Å². The number of carbonyl (C=O) groups is 2. The Labute approximate surface area is 135 Å². The van der Waals surface area contributed by atoms with E-state index in [0.29, 0.717) is 18.8 Å². The summed E-state index contributed by atoms with van der Waals surface area (Å²) in [5.41, 5.74) is 2.52. The van der Waals surface area contributed by atoms with Crippen LogP contribution in [0.5, 0.6) is 0 Å². The highest BCUT2D eigenvalue weighted by molar-refractivity contribution is 5.93. The summed E-state index contributed by atoms with van der Waals surface area (Å²) >= 11 is 0. The molecule has 2 N–H and O–H groups in total. The quantitative estimate of drug-likeness (QED) is 0.911. The van der Waals surface area contributed by atoms with Crippen LogP contribution in [0.3, 0.4) is 0 Å². The molecule has 1 aromatic heterocycles. The van der Waals surface area contributed by atoms with Crippen molar-refractivity contribution < 1.29 is 9.59 Å². The van der Waals surface area contributed by atoms with Gasteiger partial charge in [-0.3, -0.25) is 4.79 Å². The van der Waals surface area contributed by atoms with Gasteiger partial charge in [0.05, 0.1) is 6.04 Å². The van der Waals surface area contributed by atoms with E-state index < -0.39 is 0 Å². The molecule has 0 radical (unpaired) electrons. The molecule has 0 saturated heterocycles. The van der Waals surface area contributed by atoms with E-state index in [1.54, 1.807) is 11.9 Å². The number of likely N-dealkylation sites (N-methyl/N-ethyl adjacent to an activating group) is 1. The summed E-state index contributed by atoms with van der Waals surface area (Å²) < 4.78 is 1.92. The van der Waals surface area contributed by atoms with Crippen LogP contribution in [0.1, 0.15) is 16.1 Å². The van der Waals surface area contributed by atoms with Crippen molar-refractivity contribution in [3.8, 4) is 0 Å². The van der Waals surface area contributed by atoms with Crippen LogP contribution in [0.2, 0.25) is 0 Å². The van der Waals surface area contributed by atoms with Crippen LogP contribution in [0.15, 0.2) is 42.6 Å². The lowest BCUT2D eigenvalue weighted by Gasteiger charge is -2.33. The molecule has 1 atom stereocenters. The number of amides is 3. The van der Waals surface area contributed by atoms with E-state index in [0.717, 1.165) is 11.3 Å². The molecule has 1 aromatic carbocycles. The summed E-state index contributed by atoms with van der Waals surface area (Å²) in [5.74, 6) is -0.0212. The molecule has 1 aliphatic rings. The zero-order valence-corrected chi connectivity index (χ0v) is 13.2. The molecule has 1 unspecified atom stereocenters. The molecular formula is C17H20N4O2. The Kier molecular flexibility index (Phi) is 4.06. The minimum absolute atomic E-state index is 0.0212. The molecule has 2 heterocycles. The summed E-state index contributed by atoms with van der Waals surface area (Å²) in [4.78, 5) is 25.9. The van der Waals surface area contributed by atoms with Crippen LogP contribution in [-0.2, 0) is 6.54 Å². The highest BCUT2D eigenvalue weighted by Crippen LogP contribution is 2.16. The zero-order valence-electron chi connectivity index (χ0n) is 13.2. The van der Waals surface area contributed by atoms with E-state index in [1.807, 2.05) is 54.1 Å². The number of benzene rings is 1. The molecule has 6 nitrogen and oxygen atoms in total. The molecule has 0 fully saturated rings. The number of nitrogens with one attached hydrogen (secondary N) is 2. The Bertz CT molecular complexity index is 738. The van der Waals surface area contributed by atoms with E-state index in [1.165, 1.54) is 0 Å². The lowest BCUT2D eigenvalue weighted by molar-refractivity contribution is 0.0658. The SMILES string of the molecule is Cc1cccc(NC(=O)NCC2Cn3cccc3C(=O)N2C)c1. The van der Waals surface area contributed by atoms with E-state index in [2.05, 4.69) is 10.6 Å². The van der Waals surface area contributed by atoms with Crippen LogP contribution in [0, 0.1) is 6.92 Å². The summed E-state index contributed by atoms with van der Waals surface area (Å²) in [6, 6.07) is 11.0. The third-order valence-electron chi connectivity index (χ3n) is 4.10. The van der Waals surface area contributed by atoms with Crippen molar-refractivity contribution in [3.05, 3.63) is 53.9 Å². The Morgan fingerprint density at radius 3 is 2.91 bits per heavy atom. The van der Waals surface area contributed by atoms with Crippen LogP contribution in [0.25, 0.3) is 0 Å². The van der Waals surface area contributed by atoms with Crippen molar-refractivity contribution in [2.24, 2.45) is 0 Å². The minimum atomic E-state index is -0.269. The number of fused-ring (bicyclic) bond motifs is 1. The predicted octanol–water partition coefficient (Wildman–Crippen LogP) is 2.07. The van der Waals surface area contributed by atoms with Gasteiger partial charge in [0.2, 0.25) is 0 Å². The van der Waals surface area contributed by atoms with Gasteiger partial charge in [0.1, 0.15) is 5.69 Å².